The van der Waals surface area contributed by atoms with Gasteiger partial charge < -0.3 is 10.2 Å². The highest BCUT2D eigenvalue weighted by atomic mass is 19.4. The van der Waals surface area contributed by atoms with Crippen LogP contribution in [0.3, 0.4) is 0 Å². The molecule has 0 saturated carbocycles. The number of rotatable bonds is 4. The summed E-state index contributed by atoms with van der Waals surface area (Å²) in [6.07, 6.45) is -3.40. The SMILES string of the molecule is O=C(C[NH+]1CCN(c2ccc(C(F)(F)F)c[nH+]2)CC1)Nc1ccc(F)cc1. The normalized spacial score (nSPS) is 15.6. The lowest BCUT2D eigenvalue weighted by molar-refractivity contribution is -0.892. The first kappa shape index (κ1) is 19.1. The molecule has 3 rings (SSSR count). The van der Waals surface area contributed by atoms with Crippen molar-refractivity contribution in [2.24, 2.45) is 0 Å². The molecule has 2 aromatic rings. The number of carbonyl (C=O) groups excluding carboxylic acids is 1. The molecule has 1 aromatic carbocycles. The van der Waals surface area contributed by atoms with E-state index in [4.69, 9.17) is 0 Å². The molecule has 5 nitrogen and oxygen atoms in total. The van der Waals surface area contributed by atoms with Gasteiger partial charge in [0.25, 0.3) is 11.7 Å². The van der Waals surface area contributed by atoms with Crippen LogP contribution in [0.15, 0.2) is 42.6 Å². The number of piperazine rings is 1. The summed E-state index contributed by atoms with van der Waals surface area (Å²) in [5.74, 6) is 0.0961. The Hall–Kier alpha value is -2.68. The number of alkyl halides is 3. The van der Waals surface area contributed by atoms with Crippen LogP contribution in [0.5, 0.6) is 0 Å². The molecule has 1 amide bonds. The molecule has 1 aromatic heterocycles. The van der Waals surface area contributed by atoms with Gasteiger partial charge in [-0.05, 0) is 30.3 Å². The van der Waals surface area contributed by atoms with Crippen molar-refractivity contribution in [1.82, 2.24) is 0 Å². The number of benzene rings is 1. The average Bonchev–Trinajstić information content (AvgIpc) is 2.64. The van der Waals surface area contributed by atoms with Crippen LogP contribution >= 0.6 is 0 Å². The maximum Gasteiger partial charge on any atom is 0.419 e. The minimum absolute atomic E-state index is 0.161. The van der Waals surface area contributed by atoms with Gasteiger partial charge in [-0.2, -0.15) is 13.2 Å². The van der Waals surface area contributed by atoms with Crippen LogP contribution in [-0.4, -0.2) is 38.6 Å². The zero-order chi connectivity index (χ0) is 19.4. The number of hydrogen-bond acceptors (Lipinski definition) is 2. The van der Waals surface area contributed by atoms with Crippen molar-refractivity contribution >= 4 is 17.4 Å². The summed E-state index contributed by atoms with van der Waals surface area (Å²) in [7, 11) is 0. The number of nitrogens with zero attached hydrogens (tertiary/aromatic N) is 1. The van der Waals surface area contributed by atoms with Crippen molar-refractivity contribution < 1.29 is 32.2 Å². The van der Waals surface area contributed by atoms with Crippen LogP contribution in [0.4, 0.5) is 29.1 Å². The van der Waals surface area contributed by atoms with Crippen molar-refractivity contribution in [2.75, 3.05) is 42.9 Å². The van der Waals surface area contributed by atoms with Gasteiger partial charge in [0.15, 0.2) is 6.54 Å². The molecule has 3 N–H and O–H groups in total. The molecule has 1 aliphatic rings. The number of anilines is 2. The minimum Gasteiger partial charge on any atom is -0.321 e. The van der Waals surface area contributed by atoms with E-state index in [0.717, 1.165) is 17.2 Å². The van der Waals surface area contributed by atoms with E-state index in [1.165, 1.54) is 30.3 Å². The molecule has 0 radical (unpaired) electrons. The number of H-pyrrole nitrogens is 1. The number of pyridine rings is 1. The predicted molar refractivity (Wildman–Crippen MR) is 90.8 cm³/mol. The van der Waals surface area contributed by atoms with Gasteiger partial charge in [0.05, 0.1) is 5.56 Å². The van der Waals surface area contributed by atoms with Gasteiger partial charge >= 0.3 is 6.18 Å². The van der Waals surface area contributed by atoms with E-state index in [-0.39, 0.29) is 18.3 Å². The molecule has 1 saturated heterocycles. The third-order valence-corrected chi connectivity index (χ3v) is 4.47. The van der Waals surface area contributed by atoms with Gasteiger partial charge in [-0.15, -0.1) is 0 Å². The Morgan fingerprint density at radius 2 is 1.78 bits per heavy atom. The Balaban J connectivity index is 1.48. The molecule has 0 bridgehead atoms. The minimum atomic E-state index is -4.37. The maximum atomic E-state index is 12.9. The van der Waals surface area contributed by atoms with E-state index >= 15 is 0 Å². The van der Waals surface area contributed by atoms with Gasteiger partial charge in [-0.25, -0.2) is 9.37 Å². The molecule has 27 heavy (non-hydrogen) atoms. The second kappa shape index (κ2) is 7.91. The number of aromatic amines is 1. The number of aromatic nitrogens is 1. The van der Waals surface area contributed by atoms with Crippen LogP contribution in [0.25, 0.3) is 0 Å². The van der Waals surface area contributed by atoms with Crippen LogP contribution in [-0.2, 0) is 11.0 Å². The van der Waals surface area contributed by atoms with Crippen LogP contribution in [0.1, 0.15) is 5.56 Å². The van der Waals surface area contributed by atoms with Crippen molar-refractivity contribution in [1.29, 1.82) is 0 Å². The number of quaternary nitrogens is 1. The second-order valence-corrected chi connectivity index (χ2v) is 6.43. The molecule has 0 spiro atoms. The lowest BCUT2D eigenvalue weighted by Crippen LogP contribution is -3.15. The van der Waals surface area contributed by atoms with Gasteiger partial charge in [0.2, 0.25) is 0 Å². The van der Waals surface area contributed by atoms with E-state index in [1.54, 1.807) is 0 Å². The Bertz CT molecular complexity index is 769. The molecule has 144 valence electrons. The zero-order valence-corrected chi connectivity index (χ0v) is 14.4. The molecular weight excluding hydrogens is 364 g/mol. The van der Waals surface area contributed by atoms with Gasteiger partial charge in [-0.1, -0.05) is 0 Å². The van der Waals surface area contributed by atoms with Crippen LogP contribution in [0, 0.1) is 5.82 Å². The highest BCUT2D eigenvalue weighted by Crippen LogP contribution is 2.28. The largest absolute Gasteiger partial charge is 0.419 e. The highest BCUT2D eigenvalue weighted by molar-refractivity contribution is 5.91. The fourth-order valence-corrected chi connectivity index (χ4v) is 3.00. The number of halogens is 4. The predicted octanol–water partition coefficient (Wildman–Crippen LogP) is 1.00. The van der Waals surface area contributed by atoms with E-state index in [0.29, 0.717) is 37.7 Å². The molecule has 2 heterocycles. The van der Waals surface area contributed by atoms with E-state index in [9.17, 15) is 22.4 Å². The van der Waals surface area contributed by atoms with Crippen molar-refractivity contribution in [3.8, 4) is 0 Å². The van der Waals surface area contributed by atoms with Gasteiger partial charge in [0, 0.05) is 11.8 Å². The molecule has 0 aliphatic carbocycles. The van der Waals surface area contributed by atoms with E-state index < -0.39 is 11.7 Å². The lowest BCUT2D eigenvalue weighted by atomic mass is 10.2. The van der Waals surface area contributed by atoms with Gasteiger partial charge in [0.1, 0.15) is 38.2 Å². The summed E-state index contributed by atoms with van der Waals surface area (Å²) in [6, 6.07) is 8.04. The summed E-state index contributed by atoms with van der Waals surface area (Å²) in [6.45, 7) is 2.90. The molecule has 1 fully saturated rings. The lowest BCUT2D eigenvalue weighted by Gasteiger charge is -2.28. The standard InChI is InChI=1S/C18H18F4N4O/c19-14-2-4-15(5-3-14)24-17(27)12-25-7-9-26(10-8-25)16-6-1-13(11-23-16)18(20,21)22/h1-6,11H,7-10,12H2,(H,24,27)/p+2. The maximum absolute atomic E-state index is 12.9. The van der Waals surface area contributed by atoms with Gasteiger partial charge in [-0.3, -0.25) is 9.69 Å². The molecule has 9 heteroatoms. The van der Waals surface area contributed by atoms with Crippen molar-refractivity contribution in [3.05, 3.63) is 54.0 Å². The molecular formula is C18H20F4N4O+2. The fraction of sp³-hybridized carbons (Fsp3) is 0.333. The van der Waals surface area contributed by atoms with E-state index in [1.807, 2.05) is 4.90 Å². The Morgan fingerprint density at radius 3 is 2.33 bits per heavy atom. The Kier molecular flexibility index (Phi) is 5.59. The van der Waals surface area contributed by atoms with E-state index in [2.05, 4.69) is 10.3 Å². The third-order valence-electron chi connectivity index (χ3n) is 4.47. The average molecular weight is 384 g/mol. The number of nitrogens with one attached hydrogen (secondary N) is 3. The number of carbonyl (C=O) groups is 1. The summed E-state index contributed by atoms with van der Waals surface area (Å²) in [5.41, 5.74) is -0.174. The zero-order valence-electron chi connectivity index (χ0n) is 14.4. The monoisotopic (exact) mass is 384 g/mol. The third kappa shape index (κ3) is 5.16. The van der Waals surface area contributed by atoms with Crippen LogP contribution < -0.4 is 20.1 Å². The molecule has 0 unspecified atom stereocenters. The first-order valence-electron chi connectivity index (χ1n) is 8.54. The molecule has 0 atom stereocenters. The van der Waals surface area contributed by atoms with Crippen molar-refractivity contribution in [3.63, 3.8) is 0 Å². The first-order valence-corrected chi connectivity index (χ1v) is 8.54. The number of hydrogen-bond donors (Lipinski definition) is 2. The smallest absolute Gasteiger partial charge is 0.321 e. The van der Waals surface area contributed by atoms with Crippen molar-refractivity contribution in [2.45, 2.75) is 6.18 Å². The molecule has 1 aliphatic heterocycles. The first-order chi connectivity index (χ1) is 12.8. The summed E-state index contributed by atoms with van der Waals surface area (Å²) in [4.78, 5) is 17.8. The summed E-state index contributed by atoms with van der Waals surface area (Å²) < 4.78 is 50.7. The topological polar surface area (TPSA) is 50.9 Å². The Labute approximate surface area is 153 Å². The summed E-state index contributed by atoms with van der Waals surface area (Å²) >= 11 is 0. The number of amides is 1. The second-order valence-electron chi connectivity index (χ2n) is 6.43. The fourth-order valence-electron chi connectivity index (χ4n) is 3.00. The highest BCUT2D eigenvalue weighted by Gasteiger charge is 2.33. The Morgan fingerprint density at radius 1 is 1.11 bits per heavy atom. The van der Waals surface area contributed by atoms with Crippen LogP contribution in [0.2, 0.25) is 0 Å². The quantitative estimate of drug-likeness (QED) is 0.773. The summed E-state index contributed by atoms with van der Waals surface area (Å²) in [5, 5.41) is 2.73.